The summed E-state index contributed by atoms with van der Waals surface area (Å²) >= 11 is 4.93. The first-order chi connectivity index (χ1) is 9.81. The van der Waals surface area contributed by atoms with Gasteiger partial charge in [-0.05, 0) is 48.8 Å². The highest BCUT2D eigenvalue weighted by Crippen LogP contribution is 2.25. The predicted octanol–water partition coefficient (Wildman–Crippen LogP) is 2.92. The van der Waals surface area contributed by atoms with E-state index in [-0.39, 0.29) is 5.69 Å². The molecule has 0 saturated carbocycles. The molecule has 1 N–H and O–H groups in total. The Labute approximate surface area is 134 Å². The quantitative estimate of drug-likeness (QED) is 0.897. The molecule has 112 valence electrons. The van der Waals surface area contributed by atoms with Gasteiger partial charge in [0.25, 0.3) is 0 Å². The second-order valence-corrected chi connectivity index (χ2v) is 7.38. The van der Waals surface area contributed by atoms with E-state index in [1.165, 1.54) is 15.9 Å². The van der Waals surface area contributed by atoms with Crippen molar-refractivity contribution in [3.8, 4) is 0 Å². The number of aryl methyl sites for hydroxylation is 1. The van der Waals surface area contributed by atoms with Gasteiger partial charge in [-0.2, -0.15) is 4.98 Å². The van der Waals surface area contributed by atoms with Crippen LogP contribution < -0.4 is 5.69 Å². The number of hydrogen-bond acceptors (Lipinski definition) is 4. The zero-order valence-electron chi connectivity index (χ0n) is 11.9. The van der Waals surface area contributed by atoms with Crippen LogP contribution in [-0.2, 0) is 11.3 Å². The minimum absolute atomic E-state index is 0.351. The zero-order chi connectivity index (χ0) is 15.7. The largest absolute Gasteiger partial charge is 0.481 e. The molecule has 2 aromatic rings. The third-order valence-corrected chi connectivity index (χ3v) is 5.03. The SMILES string of the molecule is Cc1nc(=O)n(Cc2ccc(Br)s2)c(C)c1C(C)C(=O)O. The monoisotopic (exact) mass is 370 g/mol. The zero-order valence-corrected chi connectivity index (χ0v) is 14.3. The summed E-state index contributed by atoms with van der Waals surface area (Å²) in [5, 5.41) is 9.22. The Morgan fingerprint density at radius 2 is 2.14 bits per heavy atom. The molecular weight excluding hydrogens is 356 g/mol. The van der Waals surface area contributed by atoms with Gasteiger partial charge in [-0.15, -0.1) is 11.3 Å². The van der Waals surface area contributed by atoms with Gasteiger partial charge >= 0.3 is 11.7 Å². The highest BCUT2D eigenvalue weighted by Gasteiger charge is 2.22. The smallest absolute Gasteiger partial charge is 0.348 e. The average molecular weight is 371 g/mol. The van der Waals surface area contributed by atoms with Gasteiger partial charge < -0.3 is 5.11 Å². The molecule has 7 heteroatoms. The topological polar surface area (TPSA) is 72.2 Å². The minimum Gasteiger partial charge on any atom is -0.481 e. The molecule has 2 aromatic heterocycles. The molecule has 0 fully saturated rings. The van der Waals surface area contributed by atoms with Crippen LogP contribution in [-0.4, -0.2) is 20.6 Å². The van der Waals surface area contributed by atoms with Crippen LogP contribution in [0, 0.1) is 13.8 Å². The Kier molecular flexibility index (Phi) is 4.63. The lowest BCUT2D eigenvalue weighted by Crippen LogP contribution is -2.29. The maximum absolute atomic E-state index is 12.1. The number of rotatable bonds is 4. The Bertz CT molecular complexity index is 751. The van der Waals surface area contributed by atoms with E-state index in [4.69, 9.17) is 0 Å². The summed E-state index contributed by atoms with van der Waals surface area (Å²) in [4.78, 5) is 28.3. The lowest BCUT2D eigenvalue weighted by Gasteiger charge is -2.17. The van der Waals surface area contributed by atoms with Gasteiger partial charge in [0, 0.05) is 21.8 Å². The number of aliphatic carboxylic acids is 1. The molecule has 2 rings (SSSR count). The van der Waals surface area contributed by atoms with Crippen LogP contribution in [0.2, 0.25) is 0 Å². The van der Waals surface area contributed by atoms with Crippen molar-refractivity contribution < 1.29 is 9.90 Å². The third-order valence-electron chi connectivity index (χ3n) is 3.42. The van der Waals surface area contributed by atoms with Gasteiger partial charge in [0.1, 0.15) is 0 Å². The van der Waals surface area contributed by atoms with E-state index in [1.807, 2.05) is 12.1 Å². The van der Waals surface area contributed by atoms with Crippen LogP contribution in [0.1, 0.15) is 34.7 Å². The molecule has 2 heterocycles. The fraction of sp³-hybridized carbons (Fsp3) is 0.357. The molecule has 0 radical (unpaired) electrons. The number of halogens is 1. The van der Waals surface area contributed by atoms with E-state index in [0.29, 0.717) is 23.5 Å². The molecule has 0 bridgehead atoms. The summed E-state index contributed by atoms with van der Waals surface area (Å²) in [6.07, 6.45) is 0. The van der Waals surface area contributed by atoms with Crippen molar-refractivity contribution in [2.45, 2.75) is 33.2 Å². The maximum Gasteiger partial charge on any atom is 0.348 e. The highest BCUT2D eigenvalue weighted by atomic mass is 79.9. The van der Waals surface area contributed by atoms with Crippen LogP contribution in [0.4, 0.5) is 0 Å². The van der Waals surface area contributed by atoms with Crippen molar-refractivity contribution in [3.63, 3.8) is 0 Å². The molecule has 0 saturated heterocycles. The van der Waals surface area contributed by atoms with Crippen LogP contribution in [0.5, 0.6) is 0 Å². The number of carbonyl (C=O) groups is 1. The molecule has 0 aliphatic rings. The van der Waals surface area contributed by atoms with Gasteiger partial charge in [0.15, 0.2) is 0 Å². The minimum atomic E-state index is -0.924. The van der Waals surface area contributed by atoms with Crippen molar-refractivity contribution in [2.24, 2.45) is 0 Å². The van der Waals surface area contributed by atoms with Crippen molar-refractivity contribution in [3.05, 3.63) is 48.2 Å². The summed E-state index contributed by atoms with van der Waals surface area (Å²) in [6, 6.07) is 3.85. The summed E-state index contributed by atoms with van der Waals surface area (Å²) in [5.41, 5.74) is 1.40. The molecule has 0 amide bonds. The Balaban J connectivity index is 2.53. The molecule has 1 atom stereocenters. The molecule has 0 aliphatic carbocycles. The standard InChI is InChI=1S/C14H15BrN2O3S/c1-7(13(18)19)12-8(2)16-14(20)17(9(12)3)6-10-4-5-11(15)21-10/h4-5,7H,6H2,1-3H3,(H,18,19). The predicted molar refractivity (Wildman–Crippen MR) is 85.1 cm³/mol. The van der Waals surface area contributed by atoms with Gasteiger partial charge in [-0.3, -0.25) is 9.36 Å². The number of thiophene rings is 1. The normalized spacial score (nSPS) is 12.4. The van der Waals surface area contributed by atoms with Crippen molar-refractivity contribution >= 4 is 33.2 Å². The number of nitrogens with zero attached hydrogens (tertiary/aromatic N) is 2. The first-order valence-electron chi connectivity index (χ1n) is 6.36. The number of aromatic nitrogens is 2. The lowest BCUT2D eigenvalue weighted by molar-refractivity contribution is -0.138. The molecule has 0 spiro atoms. The maximum atomic E-state index is 12.1. The van der Waals surface area contributed by atoms with Gasteiger partial charge in [-0.25, -0.2) is 4.79 Å². The van der Waals surface area contributed by atoms with Gasteiger partial charge in [0.2, 0.25) is 0 Å². The summed E-state index contributed by atoms with van der Waals surface area (Å²) in [7, 11) is 0. The summed E-state index contributed by atoms with van der Waals surface area (Å²) in [5.74, 6) is -1.62. The number of carboxylic acid groups (broad SMARTS) is 1. The number of hydrogen-bond donors (Lipinski definition) is 1. The van der Waals surface area contributed by atoms with Crippen LogP contribution in [0.15, 0.2) is 20.7 Å². The van der Waals surface area contributed by atoms with Crippen molar-refractivity contribution in [2.75, 3.05) is 0 Å². The van der Waals surface area contributed by atoms with E-state index < -0.39 is 11.9 Å². The summed E-state index contributed by atoms with van der Waals surface area (Å²) < 4.78 is 2.52. The molecule has 0 aromatic carbocycles. The number of carboxylic acids is 1. The van der Waals surface area contributed by atoms with E-state index in [1.54, 1.807) is 20.8 Å². The highest BCUT2D eigenvalue weighted by molar-refractivity contribution is 9.11. The van der Waals surface area contributed by atoms with Gasteiger partial charge in [0.05, 0.1) is 16.2 Å². The molecule has 0 aliphatic heterocycles. The molecule has 5 nitrogen and oxygen atoms in total. The van der Waals surface area contributed by atoms with Gasteiger partial charge in [-0.1, -0.05) is 0 Å². The Hall–Kier alpha value is -1.47. The van der Waals surface area contributed by atoms with Crippen molar-refractivity contribution in [1.82, 2.24) is 9.55 Å². The van der Waals surface area contributed by atoms with Crippen LogP contribution >= 0.6 is 27.3 Å². The Morgan fingerprint density at radius 3 is 2.67 bits per heavy atom. The third kappa shape index (κ3) is 3.24. The van der Waals surface area contributed by atoms with E-state index in [0.717, 1.165) is 8.66 Å². The average Bonchev–Trinajstić information content (AvgIpc) is 2.79. The summed E-state index contributed by atoms with van der Waals surface area (Å²) in [6.45, 7) is 5.45. The fourth-order valence-corrected chi connectivity index (χ4v) is 3.82. The van der Waals surface area contributed by atoms with Crippen molar-refractivity contribution in [1.29, 1.82) is 0 Å². The van der Waals surface area contributed by atoms with Crippen LogP contribution in [0.3, 0.4) is 0 Å². The molecular formula is C14H15BrN2O3S. The lowest BCUT2D eigenvalue weighted by atomic mass is 9.98. The molecule has 1 unspecified atom stereocenters. The fourth-order valence-electron chi connectivity index (χ4n) is 2.34. The van der Waals surface area contributed by atoms with E-state index in [9.17, 15) is 14.7 Å². The van der Waals surface area contributed by atoms with Crippen LogP contribution in [0.25, 0.3) is 0 Å². The second-order valence-electron chi connectivity index (χ2n) is 4.83. The second kappa shape index (κ2) is 6.11. The van der Waals surface area contributed by atoms with E-state index in [2.05, 4.69) is 20.9 Å². The molecule has 21 heavy (non-hydrogen) atoms. The first-order valence-corrected chi connectivity index (χ1v) is 7.97. The van der Waals surface area contributed by atoms with E-state index >= 15 is 0 Å². The first kappa shape index (κ1) is 15.9. The Morgan fingerprint density at radius 1 is 1.48 bits per heavy atom.